The first kappa shape index (κ1) is 25.2. The molecular formula is C26H28N6O6. The summed E-state index contributed by atoms with van der Waals surface area (Å²) in [5.74, 6) is 1.77. The maximum absolute atomic E-state index is 13.6. The molecule has 0 radical (unpaired) electrons. The molecule has 1 aliphatic rings. The third kappa shape index (κ3) is 4.01. The SMILES string of the molecule is CCn1c(=O)n(C2CCN(c3ncnc4cc(OC)c(OC)cc34)CC2C)c(=O)c2cc([N+](=O)[O-])ccc21. The van der Waals surface area contributed by atoms with Crippen molar-refractivity contribution in [3.8, 4) is 11.5 Å². The van der Waals surface area contributed by atoms with E-state index in [-0.39, 0.29) is 23.0 Å². The number of aryl methyl sites for hydroxylation is 1. The zero-order valence-electron chi connectivity index (χ0n) is 21.6. The van der Waals surface area contributed by atoms with Crippen molar-refractivity contribution in [2.45, 2.75) is 32.9 Å². The summed E-state index contributed by atoms with van der Waals surface area (Å²) in [4.78, 5) is 48.9. The molecule has 4 aromatic rings. The molecule has 12 nitrogen and oxygen atoms in total. The minimum absolute atomic E-state index is 0.0965. The monoisotopic (exact) mass is 520 g/mol. The van der Waals surface area contributed by atoms with Crippen LogP contribution in [-0.4, -0.2) is 51.3 Å². The molecule has 0 aliphatic carbocycles. The van der Waals surface area contributed by atoms with Crippen molar-refractivity contribution >= 4 is 33.3 Å². The number of nitrogens with zero attached hydrogens (tertiary/aromatic N) is 6. The standard InChI is InChI=1S/C26H28N6O6/c1-5-30-21-7-6-16(32(35)36)10-18(21)25(33)31(26(30)34)20-8-9-29(13-15(20)2)24-17-11-22(37-3)23(38-4)12-19(17)27-14-28-24/h6-7,10-12,14-15,20H,5,8-9,13H2,1-4H3. The Labute approximate surface area is 217 Å². The molecule has 0 spiro atoms. The minimum atomic E-state index is -0.539. The van der Waals surface area contributed by atoms with Gasteiger partial charge in [0, 0.05) is 49.3 Å². The number of benzene rings is 2. The molecule has 5 rings (SSSR count). The average molecular weight is 521 g/mol. The Morgan fingerprint density at radius 2 is 1.82 bits per heavy atom. The van der Waals surface area contributed by atoms with Crippen molar-refractivity contribution < 1.29 is 14.4 Å². The fraction of sp³-hybridized carbons (Fsp3) is 0.385. The maximum atomic E-state index is 13.6. The van der Waals surface area contributed by atoms with Gasteiger partial charge in [-0.05, 0) is 31.4 Å². The number of aromatic nitrogens is 4. The third-order valence-corrected chi connectivity index (χ3v) is 7.29. The number of ether oxygens (including phenoxy) is 2. The summed E-state index contributed by atoms with van der Waals surface area (Å²) < 4.78 is 13.7. The first-order valence-electron chi connectivity index (χ1n) is 12.3. The average Bonchev–Trinajstić information content (AvgIpc) is 2.92. The highest BCUT2D eigenvalue weighted by molar-refractivity contribution is 5.92. The highest BCUT2D eigenvalue weighted by Gasteiger charge is 2.32. The number of anilines is 1. The van der Waals surface area contributed by atoms with E-state index in [1.54, 1.807) is 20.3 Å². The Bertz CT molecular complexity index is 1680. The summed E-state index contributed by atoms with van der Waals surface area (Å²) >= 11 is 0. The maximum Gasteiger partial charge on any atom is 0.331 e. The van der Waals surface area contributed by atoms with Gasteiger partial charge in [-0.2, -0.15) is 0 Å². The fourth-order valence-corrected chi connectivity index (χ4v) is 5.42. The van der Waals surface area contributed by atoms with E-state index in [0.717, 1.165) is 11.2 Å². The summed E-state index contributed by atoms with van der Waals surface area (Å²) in [6, 6.07) is 7.32. The Morgan fingerprint density at radius 3 is 2.47 bits per heavy atom. The van der Waals surface area contributed by atoms with Crippen LogP contribution < -0.4 is 25.6 Å². The summed E-state index contributed by atoms with van der Waals surface area (Å²) in [7, 11) is 3.14. The molecule has 1 saturated heterocycles. The highest BCUT2D eigenvalue weighted by atomic mass is 16.6. The number of piperidine rings is 1. The molecule has 12 heteroatoms. The van der Waals surface area contributed by atoms with E-state index in [1.807, 2.05) is 19.9 Å². The molecule has 0 amide bonds. The topological polar surface area (TPSA) is 135 Å². The number of nitro benzene ring substituents is 1. The van der Waals surface area contributed by atoms with Crippen LogP contribution in [0, 0.1) is 16.0 Å². The van der Waals surface area contributed by atoms with Crippen molar-refractivity contribution in [1.82, 2.24) is 19.1 Å². The number of nitro groups is 1. The van der Waals surface area contributed by atoms with Crippen LogP contribution in [0.25, 0.3) is 21.8 Å². The van der Waals surface area contributed by atoms with E-state index in [4.69, 9.17) is 9.47 Å². The number of methoxy groups -OCH3 is 2. The van der Waals surface area contributed by atoms with Crippen molar-refractivity contribution in [3.63, 3.8) is 0 Å². The molecule has 2 unspecified atom stereocenters. The van der Waals surface area contributed by atoms with Crippen LogP contribution in [0.3, 0.4) is 0 Å². The lowest BCUT2D eigenvalue weighted by atomic mass is 9.93. The fourth-order valence-electron chi connectivity index (χ4n) is 5.42. The second kappa shape index (κ2) is 9.77. The number of hydrogen-bond acceptors (Lipinski definition) is 9. The van der Waals surface area contributed by atoms with Crippen LogP contribution in [0.4, 0.5) is 11.5 Å². The Kier molecular flexibility index (Phi) is 6.47. The largest absolute Gasteiger partial charge is 0.493 e. The van der Waals surface area contributed by atoms with Crippen LogP contribution >= 0.6 is 0 Å². The van der Waals surface area contributed by atoms with Crippen LogP contribution in [0.15, 0.2) is 46.2 Å². The summed E-state index contributed by atoms with van der Waals surface area (Å²) in [6.45, 7) is 5.21. The van der Waals surface area contributed by atoms with E-state index in [2.05, 4.69) is 14.9 Å². The smallest absolute Gasteiger partial charge is 0.331 e. The van der Waals surface area contributed by atoms with E-state index in [9.17, 15) is 19.7 Å². The van der Waals surface area contributed by atoms with Gasteiger partial charge >= 0.3 is 5.69 Å². The summed E-state index contributed by atoms with van der Waals surface area (Å²) in [5.41, 5.74) is 0.00128. The number of rotatable bonds is 6. The van der Waals surface area contributed by atoms with E-state index in [0.29, 0.717) is 48.6 Å². The second-order valence-corrected chi connectivity index (χ2v) is 9.36. The van der Waals surface area contributed by atoms with Crippen LogP contribution in [0.5, 0.6) is 11.5 Å². The molecule has 0 bridgehead atoms. The predicted molar refractivity (Wildman–Crippen MR) is 142 cm³/mol. The van der Waals surface area contributed by atoms with Crippen molar-refractivity contribution in [3.05, 3.63) is 67.6 Å². The summed E-state index contributed by atoms with van der Waals surface area (Å²) in [6.07, 6.45) is 2.01. The lowest BCUT2D eigenvalue weighted by molar-refractivity contribution is -0.384. The van der Waals surface area contributed by atoms with Gasteiger partial charge in [0.1, 0.15) is 12.1 Å². The predicted octanol–water partition coefficient (Wildman–Crippen LogP) is 3.14. The van der Waals surface area contributed by atoms with Crippen molar-refractivity contribution in [2.24, 2.45) is 5.92 Å². The van der Waals surface area contributed by atoms with Crippen LogP contribution in [-0.2, 0) is 6.54 Å². The normalized spacial score (nSPS) is 17.6. The van der Waals surface area contributed by atoms with Gasteiger partial charge in [0.2, 0.25) is 0 Å². The molecule has 2 aromatic heterocycles. The number of hydrogen-bond donors (Lipinski definition) is 0. The molecule has 2 atom stereocenters. The quantitative estimate of drug-likeness (QED) is 0.277. The van der Waals surface area contributed by atoms with Crippen LogP contribution in [0.1, 0.15) is 26.3 Å². The molecular weight excluding hydrogens is 492 g/mol. The van der Waals surface area contributed by atoms with Gasteiger partial charge in [-0.1, -0.05) is 6.92 Å². The van der Waals surface area contributed by atoms with Gasteiger partial charge in [0.25, 0.3) is 11.2 Å². The van der Waals surface area contributed by atoms with E-state index in [1.165, 1.54) is 33.7 Å². The van der Waals surface area contributed by atoms with Gasteiger partial charge in [0.05, 0.1) is 35.6 Å². The molecule has 0 saturated carbocycles. The molecule has 1 fully saturated rings. The first-order chi connectivity index (χ1) is 18.3. The Balaban J connectivity index is 1.55. The van der Waals surface area contributed by atoms with Crippen LogP contribution in [0.2, 0.25) is 0 Å². The molecule has 198 valence electrons. The zero-order chi connectivity index (χ0) is 27.1. The Morgan fingerprint density at radius 1 is 1.08 bits per heavy atom. The molecule has 38 heavy (non-hydrogen) atoms. The van der Waals surface area contributed by atoms with Gasteiger partial charge in [-0.15, -0.1) is 0 Å². The molecule has 0 N–H and O–H groups in total. The lowest BCUT2D eigenvalue weighted by Gasteiger charge is -2.38. The van der Waals surface area contributed by atoms with E-state index >= 15 is 0 Å². The van der Waals surface area contributed by atoms with E-state index < -0.39 is 16.2 Å². The zero-order valence-corrected chi connectivity index (χ0v) is 21.6. The van der Waals surface area contributed by atoms with Gasteiger partial charge in [-0.3, -0.25) is 24.0 Å². The first-order valence-corrected chi connectivity index (χ1v) is 12.3. The van der Waals surface area contributed by atoms with Crippen molar-refractivity contribution in [1.29, 1.82) is 0 Å². The molecule has 3 heterocycles. The third-order valence-electron chi connectivity index (χ3n) is 7.29. The van der Waals surface area contributed by atoms with Gasteiger partial charge in [0.15, 0.2) is 11.5 Å². The summed E-state index contributed by atoms with van der Waals surface area (Å²) in [5, 5.41) is 12.3. The second-order valence-electron chi connectivity index (χ2n) is 9.36. The number of non-ortho nitro benzene ring substituents is 1. The Hall–Kier alpha value is -4.48. The van der Waals surface area contributed by atoms with Gasteiger partial charge < -0.3 is 14.4 Å². The lowest BCUT2D eigenvalue weighted by Crippen LogP contribution is -2.49. The number of fused-ring (bicyclic) bond motifs is 2. The minimum Gasteiger partial charge on any atom is -0.493 e. The molecule has 1 aliphatic heterocycles. The highest BCUT2D eigenvalue weighted by Crippen LogP contribution is 2.37. The molecule has 2 aromatic carbocycles. The van der Waals surface area contributed by atoms with Gasteiger partial charge in [-0.25, -0.2) is 14.8 Å². The van der Waals surface area contributed by atoms with Crippen molar-refractivity contribution in [2.75, 3.05) is 32.2 Å².